The Morgan fingerprint density at radius 3 is 2.33 bits per heavy atom. The number of ether oxygens (including phenoxy) is 1. The second-order valence-electron chi connectivity index (χ2n) is 8.54. The largest absolute Gasteiger partial charge is 0.497 e. The average Bonchev–Trinajstić information content (AvgIpc) is 3.40. The Kier molecular flexibility index (Phi) is 4.47. The van der Waals surface area contributed by atoms with Crippen LogP contribution < -0.4 is 14.5 Å². The molecule has 3 aliphatic heterocycles. The van der Waals surface area contributed by atoms with Crippen LogP contribution in [0.2, 0.25) is 0 Å². The minimum Gasteiger partial charge on any atom is -0.497 e. The number of imide groups is 1. The quantitative estimate of drug-likeness (QED) is 0.617. The Hall–Kier alpha value is -2.99. The molecule has 30 heavy (non-hydrogen) atoms. The zero-order chi connectivity index (χ0) is 21.0. The van der Waals surface area contributed by atoms with Gasteiger partial charge >= 0.3 is 0 Å². The zero-order valence-electron chi connectivity index (χ0n) is 17.1. The number of ketones is 1. The molecule has 6 heteroatoms. The first kappa shape index (κ1) is 19.0. The van der Waals surface area contributed by atoms with Gasteiger partial charge in [0.2, 0.25) is 17.6 Å². The molecular weight excluding hydrogens is 380 g/mol. The van der Waals surface area contributed by atoms with Crippen LogP contribution >= 0.6 is 0 Å². The standard InChI is InChI=1S/C24H24N2O4/c1-14-5-7-15(8-6-14)22(27)21-20-19(18-4-3-13-25(18)21)23(28)26(24(20)29)16-9-11-17(30-2)12-10-16/h5-12,18-21H,3-4,13H2,1-2H3/p+1/t18-,19-,20-,21-/m1/s1. The van der Waals surface area contributed by atoms with Gasteiger partial charge in [0.05, 0.1) is 19.3 Å². The summed E-state index contributed by atoms with van der Waals surface area (Å²) in [5.41, 5.74) is 2.24. The number of aryl methyl sites for hydroxylation is 1. The summed E-state index contributed by atoms with van der Waals surface area (Å²) in [6.07, 6.45) is 1.86. The van der Waals surface area contributed by atoms with Crippen LogP contribution in [-0.4, -0.2) is 43.3 Å². The van der Waals surface area contributed by atoms with E-state index in [9.17, 15) is 14.4 Å². The number of carbonyl (C=O) groups excluding carboxylic acids is 3. The highest BCUT2D eigenvalue weighted by Gasteiger charge is 2.68. The third-order valence-corrected chi connectivity index (χ3v) is 7.00. The molecule has 5 rings (SSSR count). The summed E-state index contributed by atoms with van der Waals surface area (Å²) in [7, 11) is 1.57. The number of amides is 2. The average molecular weight is 405 g/mol. The van der Waals surface area contributed by atoms with Gasteiger partial charge in [-0.05, 0) is 31.2 Å². The normalized spacial score (nSPS) is 29.8. The van der Waals surface area contributed by atoms with Crippen LogP contribution in [-0.2, 0) is 9.59 Å². The van der Waals surface area contributed by atoms with Crippen molar-refractivity contribution in [2.45, 2.75) is 31.8 Å². The minimum absolute atomic E-state index is 0.0258. The molecule has 0 aliphatic carbocycles. The molecule has 1 unspecified atom stereocenters. The van der Waals surface area contributed by atoms with Crippen LogP contribution in [0.1, 0.15) is 28.8 Å². The Bertz CT molecular complexity index is 1010. The molecule has 3 saturated heterocycles. The molecule has 2 amide bonds. The fourth-order valence-electron chi connectivity index (χ4n) is 5.62. The molecule has 0 radical (unpaired) electrons. The van der Waals surface area contributed by atoms with Crippen LogP contribution in [0.3, 0.4) is 0 Å². The van der Waals surface area contributed by atoms with Gasteiger partial charge in [-0.2, -0.15) is 0 Å². The smallest absolute Gasteiger partial charge is 0.244 e. The van der Waals surface area contributed by atoms with E-state index in [-0.39, 0.29) is 23.6 Å². The van der Waals surface area contributed by atoms with E-state index in [2.05, 4.69) is 0 Å². The third kappa shape index (κ3) is 2.70. The number of hydrogen-bond acceptors (Lipinski definition) is 4. The van der Waals surface area contributed by atoms with E-state index in [4.69, 9.17) is 4.74 Å². The van der Waals surface area contributed by atoms with Gasteiger partial charge in [-0.15, -0.1) is 0 Å². The Labute approximate surface area is 175 Å². The van der Waals surface area contributed by atoms with Crippen LogP contribution in [0.5, 0.6) is 5.75 Å². The summed E-state index contributed by atoms with van der Waals surface area (Å²) < 4.78 is 5.19. The van der Waals surface area contributed by atoms with Crippen molar-refractivity contribution in [1.29, 1.82) is 0 Å². The Morgan fingerprint density at radius 1 is 1.00 bits per heavy atom. The lowest BCUT2D eigenvalue weighted by Crippen LogP contribution is -3.16. The summed E-state index contributed by atoms with van der Waals surface area (Å²) in [5, 5.41) is 0. The number of rotatable bonds is 4. The van der Waals surface area contributed by atoms with E-state index in [0.29, 0.717) is 17.0 Å². The topological polar surface area (TPSA) is 68.1 Å². The first-order valence-corrected chi connectivity index (χ1v) is 10.5. The van der Waals surface area contributed by atoms with Gasteiger partial charge in [-0.3, -0.25) is 14.4 Å². The van der Waals surface area contributed by atoms with Crippen molar-refractivity contribution in [2.24, 2.45) is 11.8 Å². The highest BCUT2D eigenvalue weighted by atomic mass is 16.5. The van der Waals surface area contributed by atoms with Gasteiger partial charge in [-0.25, -0.2) is 4.90 Å². The van der Waals surface area contributed by atoms with Crippen molar-refractivity contribution in [2.75, 3.05) is 18.6 Å². The van der Waals surface area contributed by atoms with Crippen molar-refractivity contribution in [1.82, 2.24) is 0 Å². The molecule has 0 aromatic heterocycles. The van der Waals surface area contributed by atoms with Crippen LogP contribution in [0.15, 0.2) is 48.5 Å². The summed E-state index contributed by atoms with van der Waals surface area (Å²) in [4.78, 5) is 42.8. The number of quaternary nitrogens is 1. The van der Waals surface area contributed by atoms with Crippen LogP contribution in [0.4, 0.5) is 5.69 Å². The van der Waals surface area contributed by atoms with Crippen molar-refractivity contribution < 1.29 is 24.0 Å². The Morgan fingerprint density at radius 2 is 1.67 bits per heavy atom. The second kappa shape index (κ2) is 7.06. The molecule has 3 aliphatic rings. The van der Waals surface area contributed by atoms with E-state index in [1.807, 2.05) is 31.2 Å². The first-order valence-electron chi connectivity index (χ1n) is 10.5. The molecule has 5 atom stereocenters. The molecule has 3 fully saturated rings. The maximum atomic E-state index is 13.5. The van der Waals surface area contributed by atoms with Gasteiger partial charge in [0.15, 0.2) is 6.04 Å². The van der Waals surface area contributed by atoms with Gasteiger partial charge < -0.3 is 9.64 Å². The molecule has 154 valence electrons. The van der Waals surface area contributed by atoms with Gasteiger partial charge in [-0.1, -0.05) is 29.8 Å². The number of benzene rings is 2. The van der Waals surface area contributed by atoms with Crippen molar-refractivity contribution in [3.63, 3.8) is 0 Å². The molecule has 0 spiro atoms. The zero-order valence-corrected chi connectivity index (χ0v) is 17.1. The van der Waals surface area contributed by atoms with E-state index in [1.165, 1.54) is 4.90 Å². The summed E-state index contributed by atoms with van der Waals surface area (Å²) in [5.74, 6) is -0.787. The second-order valence-corrected chi connectivity index (χ2v) is 8.54. The molecule has 0 bridgehead atoms. The number of nitrogens with one attached hydrogen (secondary N) is 1. The molecule has 3 heterocycles. The minimum atomic E-state index is -0.589. The number of nitrogens with zero attached hydrogens (tertiary/aromatic N) is 1. The highest BCUT2D eigenvalue weighted by Crippen LogP contribution is 2.40. The fraction of sp³-hybridized carbons (Fsp3) is 0.375. The lowest BCUT2D eigenvalue weighted by Gasteiger charge is -2.25. The monoisotopic (exact) mass is 405 g/mol. The van der Waals surface area contributed by atoms with Crippen molar-refractivity contribution in [3.8, 4) is 5.75 Å². The third-order valence-electron chi connectivity index (χ3n) is 7.00. The Balaban J connectivity index is 1.52. The number of carbonyl (C=O) groups is 3. The fourth-order valence-corrected chi connectivity index (χ4v) is 5.62. The summed E-state index contributed by atoms with van der Waals surface area (Å²) in [6, 6.07) is 14.0. The first-order chi connectivity index (χ1) is 14.5. The number of methoxy groups -OCH3 is 1. The van der Waals surface area contributed by atoms with Crippen molar-refractivity contribution in [3.05, 3.63) is 59.7 Å². The number of anilines is 1. The maximum Gasteiger partial charge on any atom is 0.244 e. The molecule has 1 N–H and O–H groups in total. The predicted octanol–water partition coefficient (Wildman–Crippen LogP) is 1.42. The summed E-state index contributed by atoms with van der Waals surface area (Å²) >= 11 is 0. The van der Waals surface area contributed by atoms with Crippen LogP contribution in [0, 0.1) is 18.8 Å². The van der Waals surface area contributed by atoms with E-state index in [1.54, 1.807) is 31.4 Å². The molecular formula is C24H25N2O4+. The van der Waals surface area contributed by atoms with E-state index in [0.717, 1.165) is 29.8 Å². The maximum absolute atomic E-state index is 13.5. The van der Waals surface area contributed by atoms with E-state index < -0.39 is 17.9 Å². The predicted molar refractivity (Wildman–Crippen MR) is 111 cm³/mol. The number of hydrogen-bond donors (Lipinski definition) is 1. The lowest BCUT2D eigenvalue weighted by atomic mass is 9.85. The number of Topliss-reactive ketones (excluding diaryl/α,β-unsaturated/α-hetero) is 1. The highest BCUT2D eigenvalue weighted by molar-refractivity contribution is 6.24. The molecule has 0 saturated carbocycles. The SMILES string of the molecule is COc1ccc(N2C(=O)[C@@H]3[C@H](C2=O)[C@H]2CCC[NH+]2[C@H]3C(=O)c2ccc(C)cc2)cc1. The lowest BCUT2D eigenvalue weighted by molar-refractivity contribution is -0.915. The van der Waals surface area contributed by atoms with Gasteiger partial charge in [0, 0.05) is 18.4 Å². The molecule has 2 aromatic carbocycles. The van der Waals surface area contributed by atoms with E-state index >= 15 is 0 Å². The molecule has 2 aromatic rings. The van der Waals surface area contributed by atoms with Gasteiger partial charge in [0.1, 0.15) is 23.6 Å². The van der Waals surface area contributed by atoms with Crippen LogP contribution in [0.25, 0.3) is 0 Å². The number of fused-ring (bicyclic) bond motifs is 3. The van der Waals surface area contributed by atoms with Crippen molar-refractivity contribution >= 4 is 23.3 Å². The summed E-state index contributed by atoms with van der Waals surface area (Å²) in [6.45, 7) is 2.82. The molecule has 6 nitrogen and oxygen atoms in total. The van der Waals surface area contributed by atoms with Gasteiger partial charge in [0.25, 0.3) is 0 Å².